The van der Waals surface area contributed by atoms with Crippen molar-refractivity contribution in [3.8, 4) is 0 Å². The second-order valence-electron chi connectivity index (χ2n) is 8.94. The number of benzene rings is 2. The highest BCUT2D eigenvalue weighted by atomic mass is 16.5. The lowest BCUT2D eigenvalue weighted by Crippen LogP contribution is -2.53. The van der Waals surface area contributed by atoms with E-state index in [-0.39, 0.29) is 30.5 Å². The van der Waals surface area contributed by atoms with E-state index in [4.69, 9.17) is 4.74 Å². The summed E-state index contributed by atoms with van der Waals surface area (Å²) in [4.78, 5) is 43.6. The number of piperazine rings is 1. The SMILES string of the molecule is COCC(=O)Nc1ccc(N2CCN(C(=O)NC(C)C)CC2)c(C(=O)N(C)Cc2ccccc2)c1. The van der Waals surface area contributed by atoms with Crippen LogP contribution < -0.4 is 15.5 Å². The number of hydrogen-bond donors (Lipinski definition) is 2. The predicted molar refractivity (Wildman–Crippen MR) is 137 cm³/mol. The first kappa shape index (κ1) is 26.0. The molecule has 2 N–H and O–H groups in total. The minimum absolute atomic E-state index is 0.0701. The van der Waals surface area contributed by atoms with E-state index in [0.717, 1.165) is 11.3 Å². The monoisotopic (exact) mass is 481 g/mol. The predicted octanol–water partition coefficient (Wildman–Crippen LogP) is 2.78. The van der Waals surface area contributed by atoms with Gasteiger partial charge in [-0.3, -0.25) is 9.59 Å². The van der Waals surface area contributed by atoms with Crippen LogP contribution in [0.5, 0.6) is 0 Å². The molecular weight excluding hydrogens is 446 g/mol. The summed E-state index contributed by atoms with van der Waals surface area (Å²) in [5.74, 6) is -0.437. The van der Waals surface area contributed by atoms with Crippen LogP contribution in [0.25, 0.3) is 0 Å². The summed E-state index contributed by atoms with van der Waals surface area (Å²) in [6.07, 6.45) is 0. The molecule has 4 amide bonds. The molecule has 3 rings (SSSR count). The summed E-state index contributed by atoms with van der Waals surface area (Å²) >= 11 is 0. The van der Waals surface area contributed by atoms with Crippen molar-refractivity contribution < 1.29 is 19.1 Å². The minimum atomic E-state index is -0.291. The summed E-state index contributed by atoms with van der Waals surface area (Å²) in [5, 5.41) is 5.71. The highest BCUT2D eigenvalue weighted by molar-refractivity contribution is 6.02. The Kier molecular flexibility index (Phi) is 9.08. The highest BCUT2D eigenvalue weighted by Crippen LogP contribution is 2.27. The van der Waals surface area contributed by atoms with Crippen molar-refractivity contribution in [2.24, 2.45) is 0 Å². The van der Waals surface area contributed by atoms with Gasteiger partial charge in [-0.25, -0.2) is 4.79 Å². The van der Waals surface area contributed by atoms with Gasteiger partial charge in [-0.15, -0.1) is 0 Å². The van der Waals surface area contributed by atoms with Gasteiger partial charge in [0.15, 0.2) is 0 Å². The second-order valence-corrected chi connectivity index (χ2v) is 8.94. The number of rotatable bonds is 8. The summed E-state index contributed by atoms with van der Waals surface area (Å²) in [6.45, 7) is 6.57. The average Bonchev–Trinajstić information content (AvgIpc) is 2.84. The van der Waals surface area contributed by atoms with Gasteiger partial charge in [-0.2, -0.15) is 0 Å². The lowest BCUT2D eigenvalue weighted by Gasteiger charge is -2.37. The molecule has 1 fully saturated rings. The highest BCUT2D eigenvalue weighted by Gasteiger charge is 2.26. The zero-order chi connectivity index (χ0) is 25.4. The van der Waals surface area contributed by atoms with Crippen molar-refractivity contribution >= 4 is 29.2 Å². The van der Waals surface area contributed by atoms with E-state index in [1.54, 1.807) is 29.0 Å². The maximum Gasteiger partial charge on any atom is 0.317 e. The van der Waals surface area contributed by atoms with E-state index >= 15 is 0 Å². The number of carbonyl (C=O) groups is 3. The summed E-state index contributed by atoms with van der Waals surface area (Å²) in [7, 11) is 3.22. The van der Waals surface area contributed by atoms with Gasteiger partial charge in [0.1, 0.15) is 6.61 Å². The molecule has 0 atom stereocenters. The number of urea groups is 1. The first-order valence-electron chi connectivity index (χ1n) is 11.8. The van der Waals surface area contributed by atoms with Crippen LogP contribution in [0.15, 0.2) is 48.5 Å². The zero-order valence-electron chi connectivity index (χ0n) is 20.9. The van der Waals surface area contributed by atoms with Crippen LogP contribution in [-0.4, -0.2) is 80.6 Å². The fraction of sp³-hybridized carbons (Fsp3) is 0.423. The van der Waals surface area contributed by atoms with Crippen LogP contribution in [0, 0.1) is 0 Å². The topological polar surface area (TPSA) is 94.2 Å². The van der Waals surface area contributed by atoms with Gasteiger partial charge < -0.3 is 30.1 Å². The molecule has 2 aromatic rings. The van der Waals surface area contributed by atoms with Crippen LogP contribution in [0.4, 0.5) is 16.2 Å². The van der Waals surface area contributed by atoms with E-state index in [0.29, 0.717) is 44.0 Å². The number of ether oxygens (including phenoxy) is 1. The second kappa shape index (κ2) is 12.2. The fourth-order valence-electron chi connectivity index (χ4n) is 4.01. The van der Waals surface area contributed by atoms with Crippen molar-refractivity contribution in [2.75, 3.05) is 57.2 Å². The van der Waals surface area contributed by atoms with Crippen molar-refractivity contribution in [3.63, 3.8) is 0 Å². The Morgan fingerprint density at radius 1 is 1.03 bits per heavy atom. The zero-order valence-corrected chi connectivity index (χ0v) is 20.9. The van der Waals surface area contributed by atoms with E-state index in [1.165, 1.54) is 7.11 Å². The Labute approximate surface area is 207 Å². The molecule has 0 spiro atoms. The van der Waals surface area contributed by atoms with Crippen LogP contribution in [0.3, 0.4) is 0 Å². The Balaban J connectivity index is 1.81. The molecular formula is C26H35N5O4. The number of amides is 4. The van der Waals surface area contributed by atoms with Gasteiger partial charge in [0, 0.05) is 64.3 Å². The van der Waals surface area contributed by atoms with Crippen molar-refractivity contribution in [3.05, 3.63) is 59.7 Å². The van der Waals surface area contributed by atoms with E-state index in [1.807, 2.05) is 50.2 Å². The van der Waals surface area contributed by atoms with Crippen molar-refractivity contribution in [1.82, 2.24) is 15.1 Å². The molecule has 0 aliphatic carbocycles. The molecule has 1 heterocycles. The number of carbonyl (C=O) groups excluding carboxylic acids is 3. The summed E-state index contributed by atoms with van der Waals surface area (Å²) in [5.41, 5.74) is 2.84. The number of hydrogen-bond acceptors (Lipinski definition) is 5. The molecule has 1 aliphatic heterocycles. The van der Waals surface area contributed by atoms with Crippen LogP contribution in [-0.2, 0) is 16.1 Å². The number of anilines is 2. The molecule has 0 bridgehead atoms. The lowest BCUT2D eigenvalue weighted by molar-refractivity contribution is -0.119. The van der Waals surface area contributed by atoms with Crippen LogP contribution in [0.2, 0.25) is 0 Å². The van der Waals surface area contributed by atoms with Crippen molar-refractivity contribution in [2.45, 2.75) is 26.4 Å². The molecule has 0 radical (unpaired) electrons. The molecule has 1 saturated heterocycles. The third-order valence-electron chi connectivity index (χ3n) is 5.72. The van der Waals surface area contributed by atoms with Gasteiger partial charge in [-0.1, -0.05) is 30.3 Å². The summed E-state index contributed by atoms with van der Waals surface area (Å²) < 4.78 is 4.90. The molecule has 9 nitrogen and oxygen atoms in total. The first-order chi connectivity index (χ1) is 16.8. The molecule has 0 aromatic heterocycles. The average molecular weight is 482 g/mol. The van der Waals surface area contributed by atoms with Crippen molar-refractivity contribution in [1.29, 1.82) is 0 Å². The Morgan fingerprint density at radius 3 is 2.34 bits per heavy atom. The Morgan fingerprint density at radius 2 is 1.71 bits per heavy atom. The Hall–Kier alpha value is -3.59. The van der Waals surface area contributed by atoms with Gasteiger partial charge >= 0.3 is 6.03 Å². The largest absolute Gasteiger partial charge is 0.375 e. The lowest BCUT2D eigenvalue weighted by atomic mass is 10.1. The standard InChI is InChI=1S/C26H35N5O4/c1-19(2)27-26(34)31-14-12-30(13-15-31)23-11-10-21(28-24(32)18-35-4)16-22(23)25(33)29(3)17-20-8-6-5-7-9-20/h5-11,16,19H,12-15,17-18H2,1-4H3,(H,27,34)(H,28,32). The molecule has 2 aromatic carbocycles. The third kappa shape index (κ3) is 7.19. The molecule has 1 aliphatic rings. The van der Waals surface area contributed by atoms with Gasteiger partial charge in [-0.05, 0) is 37.6 Å². The minimum Gasteiger partial charge on any atom is -0.375 e. The third-order valence-corrected chi connectivity index (χ3v) is 5.72. The summed E-state index contributed by atoms with van der Waals surface area (Å²) in [6, 6.07) is 15.1. The maximum atomic E-state index is 13.6. The number of nitrogens with one attached hydrogen (secondary N) is 2. The van der Waals surface area contributed by atoms with Crippen LogP contribution in [0.1, 0.15) is 29.8 Å². The maximum absolute atomic E-state index is 13.6. The van der Waals surface area contributed by atoms with Crippen LogP contribution >= 0.6 is 0 Å². The molecule has 0 unspecified atom stereocenters. The van der Waals surface area contributed by atoms with Gasteiger partial charge in [0.2, 0.25) is 5.91 Å². The molecule has 0 saturated carbocycles. The first-order valence-corrected chi connectivity index (χ1v) is 11.8. The molecule has 9 heteroatoms. The number of nitrogens with zero attached hydrogens (tertiary/aromatic N) is 3. The molecule has 35 heavy (non-hydrogen) atoms. The Bertz CT molecular complexity index is 1020. The van der Waals surface area contributed by atoms with Gasteiger partial charge in [0.25, 0.3) is 5.91 Å². The number of methoxy groups -OCH3 is 1. The van der Waals surface area contributed by atoms with E-state index < -0.39 is 0 Å². The molecule has 188 valence electrons. The normalized spacial score (nSPS) is 13.5. The smallest absolute Gasteiger partial charge is 0.317 e. The quantitative estimate of drug-likeness (QED) is 0.605. The fourth-order valence-corrected chi connectivity index (χ4v) is 4.01. The van der Waals surface area contributed by atoms with E-state index in [2.05, 4.69) is 15.5 Å². The van der Waals surface area contributed by atoms with E-state index in [9.17, 15) is 14.4 Å². The van der Waals surface area contributed by atoms with Gasteiger partial charge in [0.05, 0.1) is 5.56 Å².